The van der Waals surface area contributed by atoms with Crippen molar-refractivity contribution in [2.75, 3.05) is 37.7 Å². The Hall–Kier alpha value is -2.68. The van der Waals surface area contributed by atoms with E-state index in [0.29, 0.717) is 43.9 Å². The second-order valence-electron chi connectivity index (χ2n) is 7.76. The molecule has 3 heterocycles. The molecule has 3 N–H and O–H groups in total. The van der Waals surface area contributed by atoms with Crippen molar-refractivity contribution >= 4 is 23.7 Å². The molecule has 4 amide bonds. The molecule has 1 aromatic rings. The number of aliphatic hydroxyl groups excluding tert-OH is 1. The topological polar surface area (TPSA) is 120 Å². The van der Waals surface area contributed by atoms with Crippen molar-refractivity contribution in [3.63, 3.8) is 0 Å². The summed E-state index contributed by atoms with van der Waals surface area (Å²) < 4.78 is 0. The molecule has 0 radical (unpaired) electrons. The second kappa shape index (κ2) is 7.75. The van der Waals surface area contributed by atoms with Crippen LogP contribution in [0.1, 0.15) is 37.0 Å². The average Bonchev–Trinajstić information content (AvgIpc) is 2.85. The highest BCUT2D eigenvalue weighted by atomic mass is 16.3. The molecule has 2 aliphatic rings. The number of aliphatic hydroxyl groups is 1. The molecule has 2 saturated heterocycles. The van der Waals surface area contributed by atoms with Crippen molar-refractivity contribution in [2.45, 2.75) is 32.2 Å². The number of aromatic nitrogens is 1. The number of hydrogen-bond acceptors (Lipinski definition) is 6. The molecule has 152 valence electrons. The van der Waals surface area contributed by atoms with Gasteiger partial charge in [0.05, 0.1) is 18.7 Å². The maximum atomic E-state index is 13.1. The predicted molar refractivity (Wildman–Crippen MR) is 103 cm³/mol. The average molecular weight is 389 g/mol. The third kappa shape index (κ3) is 3.42. The summed E-state index contributed by atoms with van der Waals surface area (Å²) in [6.07, 6.45) is 2.43. The molecule has 0 unspecified atom stereocenters. The van der Waals surface area contributed by atoms with Crippen LogP contribution >= 0.6 is 0 Å². The van der Waals surface area contributed by atoms with Gasteiger partial charge in [0.15, 0.2) is 0 Å². The van der Waals surface area contributed by atoms with E-state index in [1.165, 1.54) is 11.1 Å². The van der Waals surface area contributed by atoms with Crippen molar-refractivity contribution < 1.29 is 19.5 Å². The minimum Gasteiger partial charge on any atom is -0.395 e. The first-order valence-corrected chi connectivity index (χ1v) is 9.55. The number of piperidine rings is 1. The van der Waals surface area contributed by atoms with Gasteiger partial charge in [0, 0.05) is 25.8 Å². The Morgan fingerprint density at radius 3 is 2.46 bits per heavy atom. The summed E-state index contributed by atoms with van der Waals surface area (Å²) in [7, 11) is 0. The van der Waals surface area contributed by atoms with Gasteiger partial charge < -0.3 is 20.6 Å². The van der Waals surface area contributed by atoms with Gasteiger partial charge in [0.2, 0.25) is 5.91 Å². The molecule has 0 bridgehead atoms. The van der Waals surface area contributed by atoms with Crippen LogP contribution in [0.25, 0.3) is 0 Å². The molecule has 2 fully saturated rings. The molecular weight excluding hydrogens is 362 g/mol. The maximum Gasteiger partial charge on any atom is 0.327 e. The van der Waals surface area contributed by atoms with E-state index in [4.69, 9.17) is 5.73 Å². The fourth-order valence-corrected chi connectivity index (χ4v) is 4.01. The van der Waals surface area contributed by atoms with Gasteiger partial charge in [-0.2, -0.15) is 0 Å². The molecule has 1 spiro atoms. The van der Waals surface area contributed by atoms with Crippen molar-refractivity contribution in [1.29, 1.82) is 0 Å². The van der Waals surface area contributed by atoms with E-state index >= 15 is 0 Å². The van der Waals surface area contributed by atoms with E-state index in [0.717, 1.165) is 0 Å². The van der Waals surface area contributed by atoms with Gasteiger partial charge in [-0.3, -0.25) is 14.5 Å². The molecule has 28 heavy (non-hydrogen) atoms. The molecular formula is C19H27N5O4. The summed E-state index contributed by atoms with van der Waals surface area (Å²) >= 11 is 0. The SMILES string of the molecule is CC(C)CN1C(=O)N(CCO)C(=O)C12CCN(c1ccc(C(N)=O)cn1)CC2. The zero-order chi connectivity index (χ0) is 20.5. The summed E-state index contributed by atoms with van der Waals surface area (Å²) in [4.78, 5) is 46.3. The number of nitrogens with zero attached hydrogens (tertiary/aromatic N) is 4. The quantitative estimate of drug-likeness (QED) is 0.681. The molecule has 2 aliphatic heterocycles. The number of urea groups is 1. The number of β-amino-alcohol motifs (C(OH)–C–C–N with tert-alkyl or cyclic N) is 1. The smallest absolute Gasteiger partial charge is 0.327 e. The molecule has 1 aromatic heterocycles. The number of rotatable bonds is 6. The number of nitrogens with two attached hydrogens (primary N) is 1. The third-order valence-electron chi connectivity index (χ3n) is 5.44. The molecule has 9 heteroatoms. The number of hydrogen-bond donors (Lipinski definition) is 2. The van der Waals surface area contributed by atoms with Crippen LogP contribution in [0.5, 0.6) is 0 Å². The van der Waals surface area contributed by atoms with Crippen LogP contribution in [0.3, 0.4) is 0 Å². The van der Waals surface area contributed by atoms with Gasteiger partial charge in [-0.1, -0.05) is 13.8 Å². The van der Waals surface area contributed by atoms with E-state index in [9.17, 15) is 19.5 Å². The van der Waals surface area contributed by atoms with Crippen LogP contribution in [-0.2, 0) is 4.79 Å². The molecule has 9 nitrogen and oxygen atoms in total. The highest BCUT2D eigenvalue weighted by Crippen LogP contribution is 2.38. The Balaban J connectivity index is 1.79. The van der Waals surface area contributed by atoms with Crippen molar-refractivity contribution in [3.05, 3.63) is 23.9 Å². The van der Waals surface area contributed by atoms with E-state index in [2.05, 4.69) is 4.98 Å². The molecule has 0 atom stereocenters. The Bertz CT molecular complexity index is 756. The highest BCUT2D eigenvalue weighted by molar-refractivity contribution is 6.07. The van der Waals surface area contributed by atoms with Gasteiger partial charge in [0.1, 0.15) is 11.4 Å². The summed E-state index contributed by atoms with van der Waals surface area (Å²) in [6.45, 7) is 5.42. The molecule has 0 aromatic carbocycles. The van der Waals surface area contributed by atoms with Gasteiger partial charge in [-0.25, -0.2) is 9.78 Å². The lowest BCUT2D eigenvalue weighted by Gasteiger charge is -2.43. The Morgan fingerprint density at radius 2 is 1.96 bits per heavy atom. The normalized spacial score (nSPS) is 19.2. The minimum atomic E-state index is -0.861. The Kier molecular flexibility index (Phi) is 5.55. The number of carbonyl (C=O) groups excluding carboxylic acids is 3. The lowest BCUT2D eigenvalue weighted by molar-refractivity contribution is -0.134. The molecule has 3 rings (SSSR count). The van der Waals surface area contributed by atoms with Crippen LogP contribution < -0.4 is 10.6 Å². The van der Waals surface area contributed by atoms with Gasteiger partial charge in [-0.05, 0) is 30.9 Å². The van der Waals surface area contributed by atoms with Gasteiger partial charge in [-0.15, -0.1) is 0 Å². The fourth-order valence-electron chi connectivity index (χ4n) is 4.01. The zero-order valence-corrected chi connectivity index (χ0v) is 16.3. The minimum absolute atomic E-state index is 0.0217. The maximum absolute atomic E-state index is 13.1. The van der Waals surface area contributed by atoms with E-state index in [1.807, 2.05) is 18.7 Å². The number of anilines is 1. The Labute approximate surface area is 164 Å². The molecule has 0 saturated carbocycles. The number of carbonyl (C=O) groups is 3. The number of amides is 4. The monoisotopic (exact) mass is 389 g/mol. The van der Waals surface area contributed by atoms with Crippen molar-refractivity contribution in [1.82, 2.24) is 14.8 Å². The van der Waals surface area contributed by atoms with Crippen LogP contribution in [-0.4, -0.2) is 76.1 Å². The summed E-state index contributed by atoms with van der Waals surface area (Å²) in [5.74, 6) is 0.187. The van der Waals surface area contributed by atoms with Crippen LogP contribution in [0.2, 0.25) is 0 Å². The number of primary amides is 1. The first-order valence-electron chi connectivity index (χ1n) is 9.55. The fraction of sp³-hybridized carbons (Fsp3) is 0.579. The summed E-state index contributed by atoms with van der Waals surface area (Å²) in [5, 5.41) is 9.26. The van der Waals surface area contributed by atoms with E-state index in [-0.39, 0.29) is 31.0 Å². The second-order valence-corrected chi connectivity index (χ2v) is 7.76. The summed E-state index contributed by atoms with van der Waals surface area (Å²) in [6, 6.07) is 3.06. The Morgan fingerprint density at radius 1 is 1.29 bits per heavy atom. The third-order valence-corrected chi connectivity index (χ3v) is 5.44. The lowest BCUT2D eigenvalue weighted by Crippen LogP contribution is -2.57. The first kappa shape index (κ1) is 20.1. The largest absolute Gasteiger partial charge is 0.395 e. The van der Waals surface area contributed by atoms with E-state index < -0.39 is 11.4 Å². The van der Waals surface area contributed by atoms with Gasteiger partial charge in [0.25, 0.3) is 5.91 Å². The van der Waals surface area contributed by atoms with Crippen LogP contribution in [0.15, 0.2) is 18.3 Å². The van der Waals surface area contributed by atoms with Crippen molar-refractivity contribution in [2.24, 2.45) is 11.7 Å². The van der Waals surface area contributed by atoms with Crippen molar-refractivity contribution in [3.8, 4) is 0 Å². The van der Waals surface area contributed by atoms with Crippen LogP contribution in [0.4, 0.5) is 10.6 Å². The highest BCUT2D eigenvalue weighted by Gasteiger charge is 2.57. The van der Waals surface area contributed by atoms with Crippen LogP contribution in [0, 0.1) is 5.92 Å². The van der Waals surface area contributed by atoms with Gasteiger partial charge >= 0.3 is 6.03 Å². The number of imide groups is 1. The zero-order valence-electron chi connectivity index (χ0n) is 16.3. The lowest BCUT2D eigenvalue weighted by atomic mass is 9.85. The first-order chi connectivity index (χ1) is 13.3. The molecule has 0 aliphatic carbocycles. The standard InChI is InChI=1S/C19H27N5O4/c1-13(2)12-24-18(28)23(9-10-25)17(27)19(24)5-7-22(8-6-19)15-4-3-14(11-21-15)16(20)26/h3-4,11,13,25H,5-10,12H2,1-2H3,(H2,20,26). The number of pyridine rings is 1. The summed E-state index contributed by atoms with van der Waals surface area (Å²) in [5.41, 5.74) is 4.73. The van der Waals surface area contributed by atoms with E-state index in [1.54, 1.807) is 17.0 Å². The predicted octanol–water partition coefficient (Wildman–Crippen LogP) is 0.432.